The van der Waals surface area contributed by atoms with Gasteiger partial charge in [-0.25, -0.2) is 9.97 Å². The van der Waals surface area contributed by atoms with Gasteiger partial charge in [0.2, 0.25) is 0 Å². The summed E-state index contributed by atoms with van der Waals surface area (Å²) < 4.78 is 2.64. The van der Waals surface area contributed by atoms with Gasteiger partial charge in [-0.15, -0.1) is 0 Å². The van der Waals surface area contributed by atoms with E-state index in [1.165, 1.54) is 0 Å². The van der Waals surface area contributed by atoms with E-state index in [-0.39, 0.29) is 0 Å². The molecule has 0 unspecified atom stereocenters. The van der Waals surface area contributed by atoms with Crippen molar-refractivity contribution in [3.63, 3.8) is 0 Å². The zero-order valence-corrected chi connectivity index (χ0v) is 14.1. The Hall–Kier alpha value is -1.43. The molecule has 0 aliphatic heterocycles. The molecule has 5 nitrogen and oxygen atoms in total. The number of rotatable bonds is 3. The minimum absolute atomic E-state index is 0.480. The maximum Gasteiger partial charge on any atom is 0.165 e. The van der Waals surface area contributed by atoms with Gasteiger partial charge in [0, 0.05) is 12.7 Å². The molecule has 20 heavy (non-hydrogen) atoms. The second-order valence-corrected chi connectivity index (χ2v) is 6.25. The minimum atomic E-state index is 0.480. The Morgan fingerprint density at radius 3 is 2.40 bits per heavy atom. The largest absolute Gasteiger partial charge is 0.383 e. The fourth-order valence-corrected chi connectivity index (χ4v) is 2.58. The summed E-state index contributed by atoms with van der Waals surface area (Å²) in [7, 11) is 1.92. The standard InChI is InChI=1S/C14H20BrN5/c1-7(2)6-10-12(15)13(16)18-14(17-10)11-8(3)19-20(5)9(11)4/h7H,6H2,1-5H3,(H2,16,17,18). The summed E-state index contributed by atoms with van der Waals surface area (Å²) in [5, 5.41) is 4.41. The molecule has 6 heteroatoms. The Kier molecular flexibility index (Phi) is 4.13. The number of nitrogen functional groups attached to an aromatic ring is 1. The molecule has 2 heterocycles. The lowest BCUT2D eigenvalue weighted by Crippen LogP contribution is -2.06. The van der Waals surface area contributed by atoms with Crippen LogP contribution < -0.4 is 5.73 Å². The van der Waals surface area contributed by atoms with Crippen LogP contribution in [0.1, 0.15) is 30.9 Å². The Morgan fingerprint density at radius 1 is 1.25 bits per heavy atom. The summed E-state index contributed by atoms with van der Waals surface area (Å²) in [6, 6.07) is 0. The van der Waals surface area contributed by atoms with Gasteiger partial charge in [0.05, 0.1) is 21.4 Å². The molecule has 108 valence electrons. The van der Waals surface area contributed by atoms with Gasteiger partial charge in [0.25, 0.3) is 0 Å². The molecular weight excluding hydrogens is 318 g/mol. The average Bonchev–Trinajstić information content (AvgIpc) is 2.58. The fourth-order valence-electron chi connectivity index (χ4n) is 2.24. The van der Waals surface area contributed by atoms with Crippen LogP contribution in [0.4, 0.5) is 5.82 Å². The van der Waals surface area contributed by atoms with Gasteiger partial charge in [-0.3, -0.25) is 4.68 Å². The van der Waals surface area contributed by atoms with Gasteiger partial charge >= 0.3 is 0 Å². The van der Waals surface area contributed by atoms with Crippen molar-refractivity contribution in [2.45, 2.75) is 34.1 Å². The highest BCUT2D eigenvalue weighted by atomic mass is 79.9. The topological polar surface area (TPSA) is 69.6 Å². The molecule has 2 rings (SSSR count). The third-order valence-electron chi connectivity index (χ3n) is 3.28. The van der Waals surface area contributed by atoms with Crippen LogP contribution in [0, 0.1) is 19.8 Å². The first kappa shape index (κ1) is 15.0. The van der Waals surface area contributed by atoms with Crippen LogP contribution in [-0.2, 0) is 13.5 Å². The smallest absolute Gasteiger partial charge is 0.165 e. The van der Waals surface area contributed by atoms with Gasteiger partial charge in [0.1, 0.15) is 5.82 Å². The minimum Gasteiger partial charge on any atom is -0.383 e. The molecule has 0 amide bonds. The Bertz CT molecular complexity index is 645. The first-order chi connectivity index (χ1) is 9.31. The summed E-state index contributed by atoms with van der Waals surface area (Å²) in [6.07, 6.45) is 0.860. The zero-order chi connectivity index (χ0) is 15.0. The molecule has 0 bridgehead atoms. The van der Waals surface area contributed by atoms with Crippen molar-refractivity contribution in [3.8, 4) is 11.4 Å². The number of nitrogens with two attached hydrogens (primary N) is 1. The van der Waals surface area contributed by atoms with E-state index < -0.39 is 0 Å². The third kappa shape index (κ3) is 2.70. The van der Waals surface area contributed by atoms with Crippen LogP contribution in [0.25, 0.3) is 11.4 Å². The molecule has 2 N–H and O–H groups in total. The van der Waals surface area contributed by atoms with Crippen LogP contribution in [0.5, 0.6) is 0 Å². The lowest BCUT2D eigenvalue weighted by molar-refractivity contribution is 0.633. The van der Waals surface area contributed by atoms with Crippen molar-refractivity contribution in [1.82, 2.24) is 19.7 Å². The number of aryl methyl sites for hydroxylation is 2. The Morgan fingerprint density at radius 2 is 1.90 bits per heavy atom. The van der Waals surface area contributed by atoms with Crippen molar-refractivity contribution in [3.05, 3.63) is 21.6 Å². The van der Waals surface area contributed by atoms with E-state index in [9.17, 15) is 0 Å². The first-order valence-corrected chi connectivity index (χ1v) is 7.43. The van der Waals surface area contributed by atoms with Crippen LogP contribution in [0.2, 0.25) is 0 Å². The number of hydrogen-bond donors (Lipinski definition) is 1. The highest BCUT2D eigenvalue weighted by molar-refractivity contribution is 9.10. The maximum absolute atomic E-state index is 6.02. The molecule has 0 saturated carbocycles. The highest BCUT2D eigenvalue weighted by Gasteiger charge is 2.18. The van der Waals surface area contributed by atoms with Crippen molar-refractivity contribution >= 4 is 21.7 Å². The number of hydrogen-bond acceptors (Lipinski definition) is 4. The van der Waals surface area contributed by atoms with Crippen LogP contribution in [-0.4, -0.2) is 19.7 Å². The van der Waals surface area contributed by atoms with E-state index in [0.717, 1.165) is 33.5 Å². The summed E-state index contributed by atoms with van der Waals surface area (Å²) in [5.41, 5.74) is 9.89. The molecule has 0 spiro atoms. The van der Waals surface area contributed by atoms with E-state index in [0.29, 0.717) is 17.6 Å². The van der Waals surface area contributed by atoms with Crippen LogP contribution >= 0.6 is 15.9 Å². The van der Waals surface area contributed by atoms with Crippen LogP contribution in [0.15, 0.2) is 4.47 Å². The summed E-state index contributed by atoms with van der Waals surface area (Å²) in [5.74, 6) is 1.64. The summed E-state index contributed by atoms with van der Waals surface area (Å²) >= 11 is 3.49. The van der Waals surface area contributed by atoms with Crippen molar-refractivity contribution in [2.75, 3.05) is 5.73 Å². The molecule has 0 aromatic carbocycles. The monoisotopic (exact) mass is 337 g/mol. The van der Waals surface area contributed by atoms with Crippen molar-refractivity contribution in [2.24, 2.45) is 13.0 Å². The van der Waals surface area contributed by atoms with E-state index in [4.69, 9.17) is 5.73 Å². The molecule has 0 radical (unpaired) electrons. The van der Waals surface area contributed by atoms with Gasteiger partial charge in [0.15, 0.2) is 5.82 Å². The number of nitrogens with zero attached hydrogens (tertiary/aromatic N) is 4. The first-order valence-electron chi connectivity index (χ1n) is 6.63. The average molecular weight is 338 g/mol. The number of halogens is 1. The lowest BCUT2D eigenvalue weighted by Gasteiger charge is -2.11. The molecule has 0 atom stereocenters. The SMILES string of the molecule is Cc1nn(C)c(C)c1-c1nc(N)c(Br)c(CC(C)C)n1. The number of anilines is 1. The molecule has 2 aromatic heterocycles. The predicted molar refractivity (Wildman–Crippen MR) is 84.4 cm³/mol. The van der Waals surface area contributed by atoms with E-state index in [1.807, 2.05) is 25.6 Å². The van der Waals surface area contributed by atoms with Crippen molar-refractivity contribution < 1.29 is 0 Å². The second-order valence-electron chi connectivity index (χ2n) is 5.46. The van der Waals surface area contributed by atoms with Gasteiger partial charge in [-0.2, -0.15) is 5.10 Å². The third-order valence-corrected chi connectivity index (χ3v) is 4.14. The highest BCUT2D eigenvalue weighted by Crippen LogP contribution is 2.29. The Balaban J connectivity index is 2.60. The maximum atomic E-state index is 6.02. The van der Waals surface area contributed by atoms with E-state index in [1.54, 1.807) is 0 Å². The van der Waals surface area contributed by atoms with Gasteiger partial charge in [-0.05, 0) is 42.1 Å². The van der Waals surface area contributed by atoms with Gasteiger partial charge < -0.3 is 5.73 Å². The fraction of sp³-hybridized carbons (Fsp3) is 0.500. The van der Waals surface area contributed by atoms with Crippen LogP contribution in [0.3, 0.4) is 0 Å². The quantitative estimate of drug-likeness (QED) is 0.934. The van der Waals surface area contributed by atoms with Gasteiger partial charge in [-0.1, -0.05) is 13.8 Å². The van der Waals surface area contributed by atoms with E-state index >= 15 is 0 Å². The van der Waals surface area contributed by atoms with E-state index in [2.05, 4.69) is 44.8 Å². The molecule has 0 aliphatic rings. The molecule has 0 saturated heterocycles. The lowest BCUT2D eigenvalue weighted by atomic mass is 10.1. The zero-order valence-electron chi connectivity index (χ0n) is 12.5. The normalized spacial score (nSPS) is 11.3. The van der Waals surface area contributed by atoms with Crippen molar-refractivity contribution in [1.29, 1.82) is 0 Å². The second kappa shape index (κ2) is 5.52. The molecule has 2 aromatic rings. The Labute approximate surface area is 127 Å². The summed E-state index contributed by atoms with van der Waals surface area (Å²) in [4.78, 5) is 9.10. The molecular formula is C14H20BrN5. The predicted octanol–water partition coefficient (Wildman–Crippen LogP) is 3.04. The summed E-state index contributed by atoms with van der Waals surface area (Å²) in [6.45, 7) is 8.29. The molecule has 0 aliphatic carbocycles. The number of aromatic nitrogens is 4. The molecule has 0 fully saturated rings.